The van der Waals surface area contributed by atoms with Crippen LogP contribution in [0.4, 0.5) is 10.1 Å². The minimum Gasteiger partial charge on any atom is -0.449 e. The van der Waals surface area contributed by atoms with Crippen molar-refractivity contribution in [3.8, 4) is 5.75 Å². The van der Waals surface area contributed by atoms with Crippen molar-refractivity contribution in [1.82, 2.24) is 0 Å². The topological polar surface area (TPSA) is 38.3 Å². The first-order chi connectivity index (χ1) is 9.61. The fourth-order valence-corrected chi connectivity index (χ4v) is 1.98. The number of anilines is 1. The van der Waals surface area contributed by atoms with Gasteiger partial charge in [0.1, 0.15) is 5.82 Å². The maximum atomic E-state index is 12.8. The van der Waals surface area contributed by atoms with E-state index in [0.717, 1.165) is 5.56 Å². The first kappa shape index (κ1) is 12.4. The van der Waals surface area contributed by atoms with Crippen molar-refractivity contribution >= 4 is 17.7 Å². The van der Waals surface area contributed by atoms with Gasteiger partial charge in [-0.05, 0) is 48.4 Å². The molecular weight excluding hydrogens is 257 g/mol. The van der Waals surface area contributed by atoms with Gasteiger partial charge in [-0.15, -0.1) is 0 Å². The minimum absolute atomic E-state index is 0.188. The Kier molecular flexibility index (Phi) is 2.99. The third-order valence-corrected chi connectivity index (χ3v) is 2.99. The zero-order valence-corrected chi connectivity index (χ0v) is 10.8. The monoisotopic (exact) mass is 269 g/mol. The molecule has 0 spiro atoms. The normalized spacial score (nSPS) is 15.5. The van der Waals surface area contributed by atoms with Crippen LogP contribution in [0.15, 0.2) is 48.2 Å². The van der Waals surface area contributed by atoms with Crippen molar-refractivity contribution < 1.29 is 13.9 Å². The average molecular weight is 269 g/mol. The number of carbonyl (C=O) groups is 1. The molecule has 0 atom stereocenters. The van der Waals surface area contributed by atoms with Crippen molar-refractivity contribution in [3.63, 3.8) is 0 Å². The summed E-state index contributed by atoms with van der Waals surface area (Å²) in [7, 11) is 0. The van der Waals surface area contributed by atoms with Gasteiger partial charge in [-0.25, -0.2) is 4.39 Å². The number of ether oxygens (including phenoxy) is 1. The molecule has 0 saturated carbocycles. The van der Waals surface area contributed by atoms with E-state index in [9.17, 15) is 9.18 Å². The summed E-state index contributed by atoms with van der Waals surface area (Å²) < 4.78 is 18.4. The van der Waals surface area contributed by atoms with Crippen molar-refractivity contribution in [2.24, 2.45) is 0 Å². The number of amides is 1. The van der Waals surface area contributed by atoms with Crippen molar-refractivity contribution in [3.05, 3.63) is 65.2 Å². The number of hydrogen-bond donors (Lipinski definition) is 1. The molecule has 0 unspecified atom stereocenters. The Morgan fingerprint density at radius 1 is 1.15 bits per heavy atom. The molecule has 0 fully saturated rings. The summed E-state index contributed by atoms with van der Waals surface area (Å²) in [5, 5.41) is 2.78. The van der Waals surface area contributed by atoms with Crippen LogP contribution in [0.1, 0.15) is 11.1 Å². The quantitative estimate of drug-likeness (QED) is 0.804. The number of aryl methyl sites for hydroxylation is 1. The lowest BCUT2D eigenvalue weighted by atomic mass is 10.1. The van der Waals surface area contributed by atoms with Crippen LogP contribution in [0.3, 0.4) is 0 Å². The van der Waals surface area contributed by atoms with Gasteiger partial charge in [-0.1, -0.05) is 18.2 Å². The summed E-state index contributed by atoms with van der Waals surface area (Å²) in [5.74, 6) is 0.158. The Morgan fingerprint density at radius 3 is 2.65 bits per heavy atom. The van der Waals surface area contributed by atoms with Gasteiger partial charge in [0.25, 0.3) is 5.91 Å². The van der Waals surface area contributed by atoms with Gasteiger partial charge in [0, 0.05) is 0 Å². The molecule has 2 aromatic carbocycles. The molecule has 0 aliphatic carbocycles. The van der Waals surface area contributed by atoms with Crippen LogP contribution in [0, 0.1) is 12.7 Å². The summed E-state index contributed by atoms with van der Waals surface area (Å²) in [4.78, 5) is 12.0. The van der Waals surface area contributed by atoms with E-state index in [4.69, 9.17) is 4.74 Å². The number of nitrogens with one attached hydrogen (secondary N) is 1. The van der Waals surface area contributed by atoms with Gasteiger partial charge >= 0.3 is 0 Å². The highest BCUT2D eigenvalue weighted by atomic mass is 19.1. The third kappa shape index (κ3) is 2.40. The summed E-state index contributed by atoms with van der Waals surface area (Å²) in [6.07, 6.45) is 1.58. The number of halogens is 1. The fraction of sp³-hybridized carbons (Fsp3) is 0.0625. The zero-order valence-electron chi connectivity index (χ0n) is 10.8. The highest BCUT2D eigenvalue weighted by Crippen LogP contribution is 2.32. The SMILES string of the molecule is Cc1ccc2c(c1)NC(=O)C(=Cc1ccc(F)cc1)O2. The predicted molar refractivity (Wildman–Crippen MR) is 74.8 cm³/mol. The maximum absolute atomic E-state index is 12.8. The van der Waals surface area contributed by atoms with Gasteiger partial charge in [-0.2, -0.15) is 0 Å². The molecule has 1 aliphatic rings. The van der Waals surface area contributed by atoms with Crippen LogP contribution < -0.4 is 10.1 Å². The molecular formula is C16H12FNO2. The predicted octanol–water partition coefficient (Wildman–Crippen LogP) is 3.51. The van der Waals surface area contributed by atoms with E-state index in [1.54, 1.807) is 18.2 Å². The summed E-state index contributed by atoms with van der Waals surface area (Å²) >= 11 is 0. The van der Waals surface area contributed by atoms with Gasteiger partial charge in [0.2, 0.25) is 0 Å². The molecule has 4 heteroatoms. The first-order valence-electron chi connectivity index (χ1n) is 6.19. The maximum Gasteiger partial charge on any atom is 0.291 e. The molecule has 0 aromatic heterocycles. The van der Waals surface area contributed by atoms with Crippen LogP contribution in [0.25, 0.3) is 6.08 Å². The zero-order chi connectivity index (χ0) is 14.1. The van der Waals surface area contributed by atoms with Crippen molar-refractivity contribution in [1.29, 1.82) is 0 Å². The molecule has 0 radical (unpaired) electrons. The molecule has 1 heterocycles. The van der Waals surface area contributed by atoms with Crippen molar-refractivity contribution in [2.75, 3.05) is 5.32 Å². The Labute approximate surface area is 115 Å². The number of carbonyl (C=O) groups excluding carboxylic acids is 1. The van der Waals surface area contributed by atoms with E-state index in [1.165, 1.54) is 12.1 Å². The van der Waals surface area contributed by atoms with E-state index >= 15 is 0 Å². The van der Waals surface area contributed by atoms with Gasteiger partial charge in [-0.3, -0.25) is 4.79 Å². The van der Waals surface area contributed by atoms with Gasteiger partial charge in [0.05, 0.1) is 5.69 Å². The second kappa shape index (κ2) is 4.81. The Balaban J connectivity index is 1.94. The average Bonchev–Trinajstić information content (AvgIpc) is 2.42. The molecule has 1 amide bonds. The lowest BCUT2D eigenvalue weighted by Crippen LogP contribution is -2.23. The summed E-state index contributed by atoms with van der Waals surface area (Å²) in [5.41, 5.74) is 2.40. The summed E-state index contributed by atoms with van der Waals surface area (Å²) in [6, 6.07) is 11.4. The number of benzene rings is 2. The molecule has 3 rings (SSSR count). The van der Waals surface area contributed by atoms with Gasteiger partial charge in [0.15, 0.2) is 11.5 Å². The van der Waals surface area contributed by atoms with E-state index in [0.29, 0.717) is 17.0 Å². The fourth-order valence-electron chi connectivity index (χ4n) is 1.98. The number of fused-ring (bicyclic) bond motifs is 1. The lowest BCUT2D eigenvalue weighted by Gasteiger charge is -2.20. The Morgan fingerprint density at radius 2 is 1.90 bits per heavy atom. The largest absolute Gasteiger partial charge is 0.449 e. The van der Waals surface area contributed by atoms with Crippen molar-refractivity contribution in [2.45, 2.75) is 6.92 Å². The smallest absolute Gasteiger partial charge is 0.291 e. The highest BCUT2D eigenvalue weighted by molar-refractivity contribution is 6.08. The van der Waals surface area contributed by atoms with Gasteiger partial charge < -0.3 is 10.1 Å². The Bertz CT molecular complexity index is 705. The van der Waals surface area contributed by atoms with Crippen LogP contribution >= 0.6 is 0 Å². The molecule has 1 aliphatic heterocycles. The second-order valence-corrected chi connectivity index (χ2v) is 4.62. The second-order valence-electron chi connectivity index (χ2n) is 4.62. The van der Waals surface area contributed by atoms with Crippen LogP contribution in [-0.2, 0) is 4.79 Å². The third-order valence-electron chi connectivity index (χ3n) is 2.99. The lowest BCUT2D eigenvalue weighted by molar-refractivity contribution is -0.115. The first-order valence-corrected chi connectivity index (χ1v) is 6.19. The van der Waals surface area contributed by atoms with Crippen LogP contribution in [0.2, 0.25) is 0 Å². The van der Waals surface area contributed by atoms with Crippen LogP contribution in [0.5, 0.6) is 5.75 Å². The molecule has 0 saturated heterocycles. The highest BCUT2D eigenvalue weighted by Gasteiger charge is 2.21. The molecule has 20 heavy (non-hydrogen) atoms. The molecule has 0 bridgehead atoms. The molecule has 1 N–H and O–H groups in total. The van der Waals surface area contributed by atoms with E-state index < -0.39 is 0 Å². The molecule has 3 nitrogen and oxygen atoms in total. The Hall–Kier alpha value is -2.62. The standard InChI is InChI=1S/C16H12FNO2/c1-10-2-7-14-13(8-10)18-16(19)15(20-14)9-11-3-5-12(17)6-4-11/h2-9H,1H3,(H,18,19). The van der Waals surface area contributed by atoms with E-state index in [2.05, 4.69) is 5.32 Å². The van der Waals surface area contributed by atoms with E-state index in [1.807, 2.05) is 25.1 Å². The molecule has 100 valence electrons. The molecule has 2 aromatic rings. The van der Waals surface area contributed by atoms with E-state index in [-0.39, 0.29) is 17.5 Å². The number of rotatable bonds is 1. The van der Waals surface area contributed by atoms with Crippen LogP contribution in [-0.4, -0.2) is 5.91 Å². The number of hydrogen-bond acceptors (Lipinski definition) is 2. The summed E-state index contributed by atoms with van der Waals surface area (Å²) in [6.45, 7) is 1.94. The minimum atomic E-state index is -0.318.